The van der Waals surface area contributed by atoms with Crippen LogP contribution < -0.4 is 15.1 Å². The van der Waals surface area contributed by atoms with E-state index >= 15 is 0 Å². The Morgan fingerprint density at radius 2 is 1.31 bits per heavy atom. The van der Waals surface area contributed by atoms with Gasteiger partial charge < -0.3 is 19.0 Å². The minimum absolute atomic E-state index is 0. The van der Waals surface area contributed by atoms with E-state index in [1.807, 2.05) is 32.1 Å². The van der Waals surface area contributed by atoms with Gasteiger partial charge in [-0.3, -0.25) is 0 Å². The monoisotopic (exact) mass is 612 g/mol. The molecule has 1 heterocycles. The third-order valence-electron chi connectivity index (χ3n) is 4.29. The molecule has 0 amide bonds. The molecule has 2 aromatic carbocycles. The molecule has 3 aromatic rings. The fourth-order valence-electron chi connectivity index (χ4n) is 3.04. The van der Waals surface area contributed by atoms with Crippen molar-refractivity contribution in [3.63, 3.8) is 0 Å². The largest absolute Gasteiger partial charge is 2.00 e. The number of aliphatic hydroxyl groups is 1. The van der Waals surface area contributed by atoms with Crippen molar-refractivity contribution in [3.8, 4) is 11.5 Å². The van der Waals surface area contributed by atoms with Gasteiger partial charge in [-0.15, -0.1) is 0 Å². The molecule has 1 atom stereocenters. The number of hydrogen-bond acceptors (Lipinski definition) is 5. The van der Waals surface area contributed by atoms with Crippen LogP contribution >= 0.6 is 7.81 Å². The van der Waals surface area contributed by atoms with Crippen LogP contribution in [0.4, 0.5) is 25.2 Å². The van der Waals surface area contributed by atoms with Crippen LogP contribution in [0.5, 0.6) is 11.5 Å². The molecule has 1 fully saturated rings. The first-order valence-electron chi connectivity index (χ1n) is 9.55. The van der Waals surface area contributed by atoms with Gasteiger partial charge in [0.15, 0.2) is 11.3 Å². The van der Waals surface area contributed by atoms with Gasteiger partial charge in [0, 0.05) is 10.8 Å². The number of fused-ring (bicyclic) bond motifs is 3. The van der Waals surface area contributed by atoms with Crippen LogP contribution in [0.1, 0.15) is 18.6 Å². The van der Waals surface area contributed by atoms with E-state index in [-0.39, 0.29) is 19.5 Å². The zero-order valence-corrected chi connectivity index (χ0v) is 21.1. The summed E-state index contributed by atoms with van der Waals surface area (Å²) in [6, 6.07) is 8.61. The van der Waals surface area contributed by atoms with Crippen molar-refractivity contribution in [1.29, 1.82) is 0 Å². The molecule has 1 N–H and O–H groups in total. The van der Waals surface area contributed by atoms with Gasteiger partial charge in [0.1, 0.15) is 5.75 Å². The first kappa shape index (κ1) is 31.1. The molecule has 1 aliphatic carbocycles. The van der Waals surface area contributed by atoms with Crippen LogP contribution in [0.25, 0.3) is 21.7 Å². The maximum atomic E-state index is 12.3. The summed E-state index contributed by atoms with van der Waals surface area (Å²) in [6.07, 6.45) is 9.27. The predicted octanol–water partition coefficient (Wildman–Crippen LogP) is 7.42. The normalized spacial score (nSPS) is 15.9. The van der Waals surface area contributed by atoms with Crippen molar-refractivity contribution in [2.45, 2.75) is 13.0 Å². The van der Waals surface area contributed by atoms with E-state index in [1.54, 1.807) is 37.3 Å². The summed E-state index contributed by atoms with van der Waals surface area (Å²) >= 11 is 0. The second-order valence-corrected chi connectivity index (χ2v) is 8.85. The van der Waals surface area contributed by atoms with Crippen molar-refractivity contribution in [1.82, 2.24) is 0 Å². The number of ether oxygens (including phenoxy) is 2. The number of aliphatic hydroxyl groups excluding tert-OH is 1. The van der Waals surface area contributed by atoms with Crippen molar-refractivity contribution in [3.05, 3.63) is 78.4 Å². The van der Waals surface area contributed by atoms with Gasteiger partial charge in [0.25, 0.3) is 0 Å². The van der Waals surface area contributed by atoms with Crippen LogP contribution in [-0.2, 0) is 19.5 Å². The van der Waals surface area contributed by atoms with Crippen molar-refractivity contribution in [2.75, 3.05) is 14.2 Å². The standard InChI is InChI=1S/C17H16O5.C5H5.F6P.Ru/c1-9(18)10-7-8-13(21-3)16-15(10)14-11(17(19)22-16)5-4-6-12(14)20-2;1-2-4-5-3-1;1-7(2,3,4,5)6;/h4-9,18H,1-3H3;1-5H;;/q;;-1;+2/t9-;;;/m1.../s1. The quantitative estimate of drug-likeness (QED) is 0.110. The van der Waals surface area contributed by atoms with E-state index < -0.39 is 19.5 Å². The van der Waals surface area contributed by atoms with Crippen LogP contribution in [0.2, 0.25) is 0 Å². The maximum Gasteiger partial charge on any atom is 2.00 e. The molecule has 0 bridgehead atoms. The first-order valence-corrected chi connectivity index (χ1v) is 11.6. The summed E-state index contributed by atoms with van der Waals surface area (Å²) in [5, 5.41) is 11.7. The summed E-state index contributed by atoms with van der Waals surface area (Å²) in [7, 11) is -7.62. The fourth-order valence-corrected chi connectivity index (χ4v) is 3.04. The zero-order chi connectivity index (χ0) is 25.8. The van der Waals surface area contributed by atoms with Gasteiger partial charge in [0.05, 0.1) is 25.7 Å². The maximum absolute atomic E-state index is 12.3. The first-order chi connectivity index (χ1) is 15.5. The van der Waals surface area contributed by atoms with Crippen LogP contribution in [0, 0.1) is 32.1 Å². The minimum Gasteiger partial charge on any atom is -0.0312 e. The van der Waals surface area contributed by atoms with E-state index in [0.717, 1.165) is 0 Å². The zero-order valence-electron chi connectivity index (χ0n) is 18.5. The Morgan fingerprint density at radius 3 is 1.74 bits per heavy atom. The Labute approximate surface area is 210 Å². The van der Waals surface area contributed by atoms with Gasteiger partial charge in [-0.05, 0) is 62.8 Å². The number of benzene rings is 2. The molecule has 0 spiro atoms. The number of rotatable bonds is 3. The molecule has 5 radical (unpaired) electrons. The summed E-state index contributed by atoms with van der Waals surface area (Å²) in [5.41, 5.74) is 0.486. The van der Waals surface area contributed by atoms with E-state index in [1.165, 1.54) is 14.2 Å². The molecule has 1 aromatic heterocycles. The average molecular weight is 611 g/mol. The molecular formula is C22H21F6O5PRu+. The van der Waals surface area contributed by atoms with Crippen molar-refractivity contribution >= 4 is 29.6 Å². The summed E-state index contributed by atoms with van der Waals surface area (Å²) in [6.45, 7) is 1.66. The second-order valence-electron chi connectivity index (χ2n) is 6.93. The number of hydrogen-bond donors (Lipinski definition) is 1. The molecule has 5 nitrogen and oxygen atoms in total. The van der Waals surface area contributed by atoms with Gasteiger partial charge in [-0.25, -0.2) is 4.79 Å². The molecule has 0 aliphatic heterocycles. The minimum atomic E-state index is -10.7. The summed E-state index contributed by atoms with van der Waals surface area (Å²) < 4.78 is 75.3. The van der Waals surface area contributed by atoms with Gasteiger partial charge >= 0.3 is 58.1 Å². The predicted molar refractivity (Wildman–Crippen MR) is 119 cm³/mol. The van der Waals surface area contributed by atoms with Crippen LogP contribution in [0.3, 0.4) is 0 Å². The van der Waals surface area contributed by atoms with E-state index in [2.05, 4.69) is 0 Å². The van der Waals surface area contributed by atoms with Crippen molar-refractivity contribution in [2.24, 2.45) is 0 Å². The topological polar surface area (TPSA) is 68.9 Å². The molecular weight excluding hydrogens is 590 g/mol. The molecule has 4 rings (SSSR count). The SMILES string of the molecule is COc1ccc([C@@H](C)O)c2c1oc(=O)c1cccc(OC)c12.F[P-](F)(F)(F)(F)F.[CH]1[CH][CH][CH][CH]1.[Ru+2]. The Morgan fingerprint density at radius 1 is 0.829 bits per heavy atom. The average Bonchev–Trinajstić information content (AvgIpc) is 3.30. The molecule has 0 saturated heterocycles. The Bertz CT molecular complexity index is 1190. The van der Waals surface area contributed by atoms with Crippen LogP contribution in [0.15, 0.2) is 39.5 Å². The fraction of sp³-hybridized carbons (Fsp3) is 0.182. The van der Waals surface area contributed by atoms with Crippen LogP contribution in [-0.4, -0.2) is 19.3 Å². The van der Waals surface area contributed by atoms with Gasteiger partial charge in [-0.1, -0.05) is 12.1 Å². The number of methoxy groups -OCH3 is 2. The van der Waals surface area contributed by atoms with E-state index in [4.69, 9.17) is 13.9 Å². The molecule has 35 heavy (non-hydrogen) atoms. The molecule has 1 aliphatic rings. The van der Waals surface area contributed by atoms with E-state index in [9.17, 15) is 35.1 Å². The third-order valence-corrected chi connectivity index (χ3v) is 4.29. The van der Waals surface area contributed by atoms with Gasteiger partial charge in [-0.2, -0.15) is 0 Å². The molecule has 13 heteroatoms. The van der Waals surface area contributed by atoms with Crippen molar-refractivity contribution < 1.29 is 63.7 Å². The Hall–Kier alpha value is -1.90. The molecule has 0 unspecified atom stereocenters. The van der Waals surface area contributed by atoms with E-state index in [0.29, 0.717) is 38.8 Å². The summed E-state index contributed by atoms with van der Waals surface area (Å²) in [4.78, 5) is 12.3. The molecule has 1 saturated carbocycles. The molecule has 193 valence electrons. The summed E-state index contributed by atoms with van der Waals surface area (Å²) in [5.74, 6) is 0.981. The third kappa shape index (κ3) is 9.94. The Balaban J connectivity index is 0.000000390. The Kier molecular flexibility index (Phi) is 9.80. The second kappa shape index (κ2) is 11.0. The smallest absolute Gasteiger partial charge is 0.0312 e. The number of halogens is 6. The van der Waals surface area contributed by atoms with Gasteiger partial charge in [0.2, 0.25) is 0 Å².